The van der Waals surface area contributed by atoms with Crippen LogP contribution in [0.2, 0.25) is 0 Å². The lowest BCUT2D eigenvalue weighted by molar-refractivity contribution is 0.0965. The van der Waals surface area contributed by atoms with Gasteiger partial charge in [-0.1, -0.05) is 37.5 Å². The number of nitrogens with two attached hydrogens (primary N) is 1. The third-order valence-electron chi connectivity index (χ3n) is 7.81. The number of anilines is 2. The average Bonchev–Trinajstić information content (AvgIpc) is 3.09. The summed E-state index contributed by atoms with van der Waals surface area (Å²) in [6, 6.07) is 11.8. The number of hydrogen-bond acceptors (Lipinski definition) is 4. The van der Waals surface area contributed by atoms with Gasteiger partial charge in [-0.2, -0.15) is 0 Å². The summed E-state index contributed by atoms with van der Waals surface area (Å²) >= 11 is 0. The van der Waals surface area contributed by atoms with Crippen molar-refractivity contribution in [3.05, 3.63) is 58.7 Å². The van der Waals surface area contributed by atoms with Gasteiger partial charge < -0.3 is 20.4 Å². The molecule has 174 valence electrons. The van der Waals surface area contributed by atoms with Gasteiger partial charge in [-0.3, -0.25) is 9.59 Å². The Hall–Kier alpha value is -2.86. The molecule has 2 fully saturated rings. The van der Waals surface area contributed by atoms with E-state index in [0.29, 0.717) is 17.0 Å². The third-order valence-corrected chi connectivity index (χ3v) is 7.81. The molecule has 2 aromatic carbocycles. The van der Waals surface area contributed by atoms with Crippen molar-refractivity contribution in [3.8, 4) is 0 Å². The number of amides is 2. The second-order valence-electron chi connectivity index (χ2n) is 9.85. The largest absolute Gasteiger partial charge is 0.369 e. The van der Waals surface area contributed by atoms with Gasteiger partial charge in [-0.25, -0.2) is 0 Å². The van der Waals surface area contributed by atoms with Crippen LogP contribution in [-0.2, 0) is 0 Å². The smallest absolute Gasteiger partial charge is 0.260 e. The predicted octanol–water partition coefficient (Wildman–Crippen LogP) is 4.31. The minimum Gasteiger partial charge on any atom is -0.369 e. The molecule has 1 aliphatic carbocycles. The van der Waals surface area contributed by atoms with Gasteiger partial charge in [0.05, 0.1) is 17.2 Å². The standard InChI is InChI=1S/C27H34N4O2/c1-18-21-9-6-10-23(26(28)32)25(21)27(33)31(18)20-11-12-22(19-7-4-3-5-8-19)24(17-20)30-15-13-29(2)14-16-30/h6,9-12,17-19H,3-5,7-8,13-16H2,1-2H3,(H2,28,32). The lowest BCUT2D eigenvalue weighted by Gasteiger charge is -2.37. The van der Waals surface area contributed by atoms with E-state index in [2.05, 4.69) is 35.0 Å². The second-order valence-corrected chi connectivity index (χ2v) is 9.85. The molecule has 6 heteroatoms. The number of benzene rings is 2. The van der Waals surface area contributed by atoms with Crippen LogP contribution < -0.4 is 15.5 Å². The fourth-order valence-corrected chi connectivity index (χ4v) is 5.90. The second kappa shape index (κ2) is 8.82. The van der Waals surface area contributed by atoms with Crippen LogP contribution in [0.4, 0.5) is 11.4 Å². The molecule has 1 saturated heterocycles. The van der Waals surface area contributed by atoms with E-state index in [9.17, 15) is 9.59 Å². The van der Waals surface area contributed by atoms with E-state index in [0.717, 1.165) is 37.4 Å². The zero-order chi connectivity index (χ0) is 23.1. The minimum absolute atomic E-state index is 0.137. The zero-order valence-electron chi connectivity index (χ0n) is 19.7. The topological polar surface area (TPSA) is 69.9 Å². The van der Waals surface area contributed by atoms with Crippen molar-refractivity contribution in [2.45, 2.75) is 51.0 Å². The first-order valence-corrected chi connectivity index (χ1v) is 12.3. The van der Waals surface area contributed by atoms with E-state index in [1.54, 1.807) is 6.07 Å². The van der Waals surface area contributed by atoms with Crippen LogP contribution in [0.25, 0.3) is 0 Å². The van der Waals surface area contributed by atoms with Crippen molar-refractivity contribution in [2.24, 2.45) is 5.73 Å². The van der Waals surface area contributed by atoms with E-state index >= 15 is 0 Å². The molecule has 33 heavy (non-hydrogen) atoms. The van der Waals surface area contributed by atoms with Crippen molar-refractivity contribution in [2.75, 3.05) is 43.0 Å². The summed E-state index contributed by atoms with van der Waals surface area (Å²) in [5.74, 6) is -0.102. The Morgan fingerprint density at radius 3 is 2.39 bits per heavy atom. The number of likely N-dealkylation sites (N-methyl/N-ethyl adjacent to an activating group) is 1. The van der Waals surface area contributed by atoms with E-state index in [4.69, 9.17) is 5.73 Å². The molecule has 1 unspecified atom stereocenters. The van der Waals surface area contributed by atoms with Crippen LogP contribution in [-0.4, -0.2) is 49.9 Å². The van der Waals surface area contributed by atoms with Crippen molar-refractivity contribution < 1.29 is 9.59 Å². The number of primary amides is 1. The summed E-state index contributed by atoms with van der Waals surface area (Å²) in [7, 11) is 2.17. The average molecular weight is 447 g/mol. The third kappa shape index (κ3) is 3.90. The summed E-state index contributed by atoms with van der Waals surface area (Å²) < 4.78 is 0. The molecule has 0 bridgehead atoms. The molecule has 0 aromatic heterocycles. The monoisotopic (exact) mass is 446 g/mol. The Morgan fingerprint density at radius 1 is 0.970 bits per heavy atom. The lowest BCUT2D eigenvalue weighted by atomic mass is 9.83. The van der Waals surface area contributed by atoms with Gasteiger partial charge in [-0.15, -0.1) is 0 Å². The van der Waals surface area contributed by atoms with Crippen molar-refractivity contribution in [1.82, 2.24) is 4.90 Å². The fraction of sp³-hybridized carbons (Fsp3) is 0.481. The van der Waals surface area contributed by atoms with Gasteiger partial charge in [0.1, 0.15) is 0 Å². The number of piperazine rings is 1. The first-order chi connectivity index (χ1) is 16.0. The van der Waals surface area contributed by atoms with E-state index in [1.165, 1.54) is 43.4 Å². The van der Waals surface area contributed by atoms with Crippen LogP contribution in [0.5, 0.6) is 0 Å². The van der Waals surface area contributed by atoms with E-state index in [1.807, 2.05) is 24.0 Å². The highest BCUT2D eigenvalue weighted by atomic mass is 16.2. The summed E-state index contributed by atoms with van der Waals surface area (Å²) in [6.07, 6.45) is 6.40. The quantitative estimate of drug-likeness (QED) is 0.760. The summed E-state index contributed by atoms with van der Waals surface area (Å²) in [4.78, 5) is 32.3. The Kier molecular flexibility index (Phi) is 5.87. The molecule has 2 aromatic rings. The maximum Gasteiger partial charge on any atom is 0.260 e. The van der Waals surface area contributed by atoms with Crippen LogP contribution in [0, 0.1) is 0 Å². The molecule has 2 heterocycles. The van der Waals surface area contributed by atoms with Gasteiger partial charge in [0.25, 0.3) is 5.91 Å². The summed E-state index contributed by atoms with van der Waals surface area (Å²) in [5.41, 5.74) is 10.8. The molecule has 5 rings (SSSR count). The Bertz CT molecular complexity index is 1070. The molecule has 1 atom stereocenters. The Labute approximate surface area is 196 Å². The number of carbonyl (C=O) groups excluding carboxylic acids is 2. The van der Waals surface area contributed by atoms with Gasteiger partial charge in [-0.05, 0) is 62.1 Å². The van der Waals surface area contributed by atoms with Crippen LogP contribution in [0.1, 0.15) is 82.8 Å². The Balaban J connectivity index is 1.55. The molecular weight excluding hydrogens is 412 g/mol. The van der Waals surface area contributed by atoms with Gasteiger partial charge >= 0.3 is 0 Å². The number of carbonyl (C=O) groups is 2. The molecule has 1 saturated carbocycles. The number of fused-ring (bicyclic) bond motifs is 1. The zero-order valence-corrected chi connectivity index (χ0v) is 19.7. The number of hydrogen-bond donors (Lipinski definition) is 1. The predicted molar refractivity (Wildman–Crippen MR) is 132 cm³/mol. The molecule has 2 N–H and O–H groups in total. The molecule has 0 radical (unpaired) electrons. The normalized spacial score (nSPS) is 22.0. The molecule has 2 amide bonds. The number of rotatable bonds is 4. The van der Waals surface area contributed by atoms with E-state index in [-0.39, 0.29) is 11.9 Å². The van der Waals surface area contributed by atoms with Crippen LogP contribution in [0.15, 0.2) is 36.4 Å². The fourth-order valence-electron chi connectivity index (χ4n) is 5.90. The molecule has 2 aliphatic heterocycles. The van der Waals surface area contributed by atoms with Crippen molar-refractivity contribution >= 4 is 23.2 Å². The maximum atomic E-state index is 13.5. The molecular formula is C27H34N4O2. The van der Waals surface area contributed by atoms with E-state index < -0.39 is 5.91 Å². The Morgan fingerprint density at radius 2 is 1.70 bits per heavy atom. The van der Waals surface area contributed by atoms with Gasteiger partial charge in [0, 0.05) is 37.6 Å². The molecule has 0 spiro atoms. The first-order valence-electron chi connectivity index (χ1n) is 12.3. The van der Waals surface area contributed by atoms with Gasteiger partial charge in [0.2, 0.25) is 5.91 Å². The molecule has 6 nitrogen and oxygen atoms in total. The van der Waals surface area contributed by atoms with Crippen molar-refractivity contribution in [1.29, 1.82) is 0 Å². The SMILES string of the molecule is CC1c2cccc(C(N)=O)c2C(=O)N1c1ccc(C2CCCCC2)c(N2CCN(C)CC2)c1. The highest BCUT2D eigenvalue weighted by Gasteiger charge is 2.38. The highest BCUT2D eigenvalue weighted by Crippen LogP contribution is 2.43. The minimum atomic E-state index is -0.556. The molecule has 3 aliphatic rings. The van der Waals surface area contributed by atoms with Crippen molar-refractivity contribution in [3.63, 3.8) is 0 Å². The highest BCUT2D eigenvalue weighted by molar-refractivity contribution is 6.17. The van der Waals surface area contributed by atoms with Gasteiger partial charge in [0.15, 0.2) is 0 Å². The number of nitrogens with zero attached hydrogens (tertiary/aromatic N) is 3. The van der Waals surface area contributed by atoms with Crippen LogP contribution in [0.3, 0.4) is 0 Å². The summed E-state index contributed by atoms with van der Waals surface area (Å²) in [5, 5.41) is 0. The maximum absolute atomic E-state index is 13.5. The van der Waals surface area contributed by atoms with Crippen LogP contribution >= 0.6 is 0 Å². The lowest BCUT2D eigenvalue weighted by Crippen LogP contribution is -2.45. The first kappa shape index (κ1) is 22.0. The summed E-state index contributed by atoms with van der Waals surface area (Å²) in [6.45, 7) is 6.10.